The van der Waals surface area contributed by atoms with Crippen molar-refractivity contribution in [1.29, 1.82) is 0 Å². The minimum atomic E-state index is 0. The van der Waals surface area contributed by atoms with Crippen molar-refractivity contribution < 1.29 is 0 Å². The first-order valence-electron chi connectivity index (χ1n) is 6.58. The fourth-order valence-electron chi connectivity index (χ4n) is 1.47. The predicted octanol–water partition coefficient (Wildman–Crippen LogP) is 3.45. The zero-order chi connectivity index (χ0) is 13.9. The van der Waals surface area contributed by atoms with Crippen molar-refractivity contribution in [2.24, 2.45) is 4.99 Å². The number of aryl methyl sites for hydroxylation is 1. The Bertz CT molecular complexity index is 404. The number of hydrogen-bond donors (Lipinski definition) is 2. The molecule has 2 N–H and O–H groups in total. The third kappa shape index (κ3) is 8.47. The average Bonchev–Trinajstić information content (AvgIpc) is 2.42. The third-order valence-electron chi connectivity index (χ3n) is 2.41. The number of thioether (sulfide) groups is 1. The van der Waals surface area contributed by atoms with E-state index in [1.54, 1.807) is 0 Å². The van der Waals surface area contributed by atoms with Crippen molar-refractivity contribution >= 4 is 41.7 Å². The maximum Gasteiger partial charge on any atom is 0.191 e. The Morgan fingerprint density at radius 2 is 2.00 bits per heavy atom. The highest BCUT2D eigenvalue weighted by molar-refractivity contribution is 14.0. The van der Waals surface area contributed by atoms with Crippen LogP contribution >= 0.6 is 35.7 Å². The van der Waals surface area contributed by atoms with Gasteiger partial charge in [0.15, 0.2) is 5.96 Å². The van der Waals surface area contributed by atoms with Crippen molar-refractivity contribution in [1.82, 2.24) is 10.6 Å². The lowest BCUT2D eigenvalue weighted by Gasteiger charge is -2.09. The fraction of sp³-hybridized carbons (Fsp3) is 0.400. The molecule has 3 nitrogen and oxygen atoms in total. The fourth-order valence-corrected chi connectivity index (χ4v) is 2.21. The zero-order valence-corrected chi connectivity index (χ0v) is 15.3. The minimum absolute atomic E-state index is 0. The Morgan fingerprint density at radius 3 is 2.60 bits per heavy atom. The molecule has 1 rings (SSSR count). The first kappa shape index (κ1) is 19.3. The summed E-state index contributed by atoms with van der Waals surface area (Å²) in [5, 5.41) is 6.39. The summed E-state index contributed by atoms with van der Waals surface area (Å²) in [6.45, 7) is 10.3. The van der Waals surface area contributed by atoms with Crippen molar-refractivity contribution in [3.05, 3.63) is 42.5 Å². The molecular weight excluding hydrogens is 381 g/mol. The smallest absolute Gasteiger partial charge is 0.191 e. The van der Waals surface area contributed by atoms with E-state index in [-0.39, 0.29) is 24.0 Å². The van der Waals surface area contributed by atoms with Crippen molar-refractivity contribution in [2.75, 3.05) is 25.4 Å². The lowest BCUT2D eigenvalue weighted by molar-refractivity contribution is 0.868. The summed E-state index contributed by atoms with van der Waals surface area (Å²) in [6.07, 6.45) is 1.83. The maximum atomic E-state index is 4.51. The van der Waals surface area contributed by atoms with Crippen LogP contribution in [-0.2, 0) is 0 Å². The molecule has 112 valence electrons. The summed E-state index contributed by atoms with van der Waals surface area (Å²) in [4.78, 5) is 5.81. The molecule has 0 fully saturated rings. The van der Waals surface area contributed by atoms with E-state index in [1.807, 2.05) is 17.8 Å². The molecule has 20 heavy (non-hydrogen) atoms. The Labute approximate surface area is 143 Å². The molecule has 0 bridgehead atoms. The van der Waals surface area contributed by atoms with Gasteiger partial charge in [-0.15, -0.1) is 42.3 Å². The van der Waals surface area contributed by atoms with Crippen LogP contribution in [0.15, 0.2) is 46.8 Å². The highest BCUT2D eigenvalue weighted by Gasteiger charge is 1.96. The van der Waals surface area contributed by atoms with Gasteiger partial charge in [0.05, 0.1) is 6.54 Å². The lowest BCUT2D eigenvalue weighted by atomic mass is 10.2. The molecule has 0 heterocycles. The summed E-state index contributed by atoms with van der Waals surface area (Å²) < 4.78 is 0. The molecule has 0 spiro atoms. The Balaban J connectivity index is 0.00000361. The van der Waals surface area contributed by atoms with E-state index in [0.717, 1.165) is 31.3 Å². The van der Waals surface area contributed by atoms with Gasteiger partial charge in [-0.2, -0.15) is 0 Å². The number of aliphatic imine (C=N–C) groups is 1. The number of hydrogen-bond acceptors (Lipinski definition) is 2. The van der Waals surface area contributed by atoms with Gasteiger partial charge in [0.2, 0.25) is 0 Å². The van der Waals surface area contributed by atoms with E-state index in [1.165, 1.54) is 10.5 Å². The average molecular weight is 405 g/mol. The standard InChI is InChI=1S/C15H23N3S.HI/c1-4-10-17-15(16-5-2)18-11-12-19-14-8-6-13(3)7-9-14;/h4,6-9H,1,5,10-12H2,2-3H3,(H2,16,17,18);1H. The summed E-state index contributed by atoms with van der Waals surface area (Å²) in [5.41, 5.74) is 1.30. The predicted molar refractivity (Wildman–Crippen MR) is 101 cm³/mol. The molecule has 0 saturated heterocycles. The number of nitrogens with one attached hydrogen (secondary N) is 2. The Hall–Kier alpha value is -0.690. The molecular formula is C15H24IN3S. The molecule has 0 amide bonds. The number of benzene rings is 1. The van der Waals surface area contributed by atoms with Crippen LogP contribution in [0.4, 0.5) is 0 Å². The SMILES string of the molecule is C=CCNC(=NCCSc1ccc(C)cc1)NCC.I. The van der Waals surface area contributed by atoms with Crippen LogP contribution < -0.4 is 10.6 Å². The summed E-state index contributed by atoms with van der Waals surface area (Å²) >= 11 is 1.83. The van der Waals surface area contributed by atoms with Gasteiger partial charge in [0.25, 0.3) is 0 Å². The van der Waals surface area contributed by atoms with Crippen molar-refractivity contribution in [3.8, 4) is 0 Å². The number of nitrogens with zero attached hydrogens (tertiary/aromatic N) is 1. The van der Waals surface area contributed by atoms with E-state index in [0.29, 0.717) is 0 Å². The van der Waals surface area contributed by atoms with Crippen LogP contribution in [0.3, 0.4) is 0 Å². The second-order valence-electron chi connectivity index (χ2n) is 4.09. The first-order chi connectivity index (χ1) is 9.26. The molecule has 0 aliphatic heterocycles. The second kappa shape index (κ2) is 12.1. The highest BCUT2D eigenvalue weighted by atomic mass is 127. The third-order valence-corrected chi connectivity index (χ3v) is 3.40. The van der Waals surface area contributed by atoms with Crippen LogP contribution in [0.2, 0.25) is 0 Å². The lowest BCUT2D eigenvalue weighted by Crippen LogP contribution is -2.37. The van der Waals surface area contributed by atoms with Gasteiger partial charge < -0.3 is 10.6 Å². The van der Waals surface area contributed by atoms with Gasteiger partial charge in [-0.1, -0.05) is 23.8 Å². The molecule has 1 aromatic rings. The van der Waals surface area contributed by atoms with E-state index in [9.17, 15) is 0 Å². The van der Waals surface area contributed by atoms with Crippen LogP contribution in [0.1, 0.15) is 12.5 Å². The number of guanidine groups is 1. The van der Waals surface area contributed by atoms with E-state index < -0.39 is 0 Å². The maximum absolute atomic E-state index is 4.51. The highest BCUT2D eigenvalue weighted by Crippen LogP contribution is 2.17. The van der Waals surface area contributed by atoms with Gasteiger partial charge in [-0.25, -0.2) is 0 Å². The topological polar surface area (TPSA) is 36.4 Å². The Morgan fingerprint density at radius 1 is 1.30 bits per heavy atom. The van der Waals surface area contributed by atoms with Crippen molar-refractivity contribution in [3.63, 3.8) is 0 Å². The number of halogens is 1. The minimum Gasteiger partial charge on any atom is -0.357 e. The molecule has 0 atom stereocenters. The normalized spacial score (nSPS) is 10.6. The van der Waals surface area contributed by atoms with Gasteiger partial charge >= 0.3 is 0 Å². The molecule has 0 radical (unpaired) electrons. The molecule has 0 aliphatic carbocycles. The van der Waals surface area contributed by atoms with Crippen LogP contribution in [0, 0.1) is 6.92 Å². The van der Waals surface area contributed by atoms with E-state index in [4.69, 9.17) is 0 Å². The first-order valence-corrected chi connectivity index (χ1v) is 7.57. The van der Waals surface area contributed by atoms with Gasteiger partial charge in [0, 0.05) is 23.7 Å². The monoisotopic (exact) mass is 405 g/mol. The van der Waals surface area contributed by atoms with Crippen LogP contribution in [0.5, 0.6) is 0 Å². The summed E-state index contributed by atoms with van der Waals surface area (Å²) in [5.74, 6) is 1.83. The molecule has 5 heteroatoms. The van der Waals surface area contributed by atoms with Crippen LogP contribution in [-0.4, -0.2) is 31.3 Å². The number of rotatable bonds is 7. The van der Waals surface area contributed by atoms with E-state index >= 15 is 0 Å². The molecule has 0 aromatic heterocycles. The van der Waals surface area contributed by atoms with Gasteiger partial charge in [0.1, 0.15) is 0 Å². The summed E-state index contributed by atoms with van der Waals surface area (Å²) in [7, 11) is 0. The van der Waals surface area contributed by atoms with Gasteiger partial charge in [-0.05, 0) is 26.0 Å². The summed E-state index contributed by atoms with van der Waals surface area (Å²) in [6, 6.07) is 8.60. The quantitative estimate of drug-likeness (QED) is 0.182. The largest absolute Gasteiger partial charge is 0.357 e. The van der Waals surface area contributed by atoms with Crippen LogP contribution in [0.25, 0.3) is 0 Å². The zero-order valence-electron chi connectivity index (χ0n) is 12.2. The molecule has 1 aromatic carbocycles. The molecule has 0 unspecified atom stereocenters. The van der Waals surface area contributed by atoms with Crippen molar-refractivity contribution in [2.45, 2.75) is 18.7 Å². The molecule has 0 saturated carbocycles. The van der Waals surface area contributed by atoms with E-state index in [2.05, 4.69) is 60.3 Å². The molecule has 0 aliphatic rings. The Kier molecular flexibility index (Phi) is 11.7. The van der Waals surface area contributed by atoms with Gasteiger partial charge in [-0.3, -0.25) is 4.99 Å². The second-order valence-corrected chi connectivity index (χ2v) is 5.26.